The number of anilines is 2. The van der Waals surface area contributed by atoms with Crippen molar-refractivity contribution in [1.29, 1.82) is 0 Å². The number of carbonyl (C=O) groups excluding carboxylic acids is 2. The molecule has 0 unspecified atom stereocenters. The van der Waals surface area contributed by atoms with Crippen molar-refractivity contribution in [2.45, 2.75) is 23.1 Å². The van der Waals surface area contributed by atoms with Crippen LogP contribution in [0.25, 0.3) is 6.08 Å². The van der Waals surface area contributed by atoms with Gasteiger partial charge in [-0.3, -0.25) is 19.4 Å². The first kappa shape index (κ1) is 21.9. The third-order valence-corrected chi connectivity index (χ3v) is 7.99. The fourth-order valence-electron chi connectivity index (χ4n) is 3.80. The molecule has 2 amide bonds. The van der Waals surface area contributed by atoms with Gasteiger partial charge in [-0.1, -0.05) is 89.8 Å². The van der Waals surface area contributed by atoms with Crippen molar-refractivity contribution in [2.24, 2.45) is 0 Å². The Balaban J connectivity index is 1.34. The highest BCUT2D eigenvalue weighted by Gasteiger charge is 2.34. The molecule has 0 aromatic heterocycles. The summed E-state index contributed by atoms with van der Waals surface area (Å²) in [5.74, 6) is -0.208. The van der Waals surface area contributed by atoms with Crippen molar-refractivity contribution < 1.29 is 9.59 Å². The first-order valence-electron chi connectivity index (χ1n) is 10.5. The molecule has 3 aromatic carbocycles. The average molecular weight is 489 g/mol. The van der Waals surface area contributed by atoms with Crippen LogP contribution in [0.5, 0.6) is 0 Å². The number of thiocarbonyl (C=S) groups is 1. The maximum absolute atomic E-state index is 13.4. The number of thioether (sulfide) groups is 1. The Morgan fingerprint density at radius 2 is 1.52 bits per heavy atom. The van der Waals surface area contributed by atoms with E-state index >= 15 is 0 Å². The lowest BCUT2D eigenvalue weighted by Gasteiger charge is -2.31. The van der Waals surface area contributed by atoms with E-state index in [4.69, 9.17) is 12.2 Å². The molecular formula is C26H20N2O2S3. The van der Waals surface area contributed by atoms with Crippen molar-refractivity contribution in [1.82, 2.24) is 4.90 Å². The molecule has 3 aromatic rings. The number of hydrogen-bond donors (Lipinski definition) is 0. The van der Waals surface area contributed by atoms with E-state index in [2.05, 4.69) is 0 Å². The largest absolute Gasteiger partial charge is 0.292 e. The molecule has 0 aliphatic carbocycles. The minimum absolute atomic E-state index is 0.0632. The minimum atomic E-state index is -0.145. The van der Waals surface area contributed by atoms with Crippen molar-refractivity contribution in [3.8, 4) is 0 Å². The van der Waals surface area contributed by atoms with Gasteiger partial charge in [0, 0.05) is 22.8 Å². The van der Waals surface area contributed by atoms with Gasteiger partial charge in [0.1, 0.15) is 4.32 Å². The van der Waals surface area contributed by atoms with Crippen LogP contribution in [-0.2, 0) is 9.59 Å². The molecule has 2 aliphatic rings. The van der Waals surface area contributed by atoms with Gasteiger partial charge in [-0.2, -0.15) is 0 Å². The van der Waals surface area contributed by atoms with Gasteiger partial charge in [-0.25, -0.2) is 0 Å². The van der Waals surface area contributed by atoms with Crippen LogP contribution in [0.4, 0.5) is 11.4 Å². The summed E-state index contributed by atoms with van der Waals surface area (Å²) in [6.45, 7) is 2.28. The lowest BCUT2D eigenvalue weighted by atomic mass is 10.1. The van der Waals surface area contributed by atoms with Crippen LogP contribution < -0.4 is 4.90 Å². The predicted octanol–water partition coefficient (Wildman–Crippen LogP) is 6.42. The van der Waals surface area contributed by atoms with Crippen LogP contribution in [0, 0.1) is 6.92 Å². The fraction of sp³-hybridized carbons (Fsp3) is 0.115. The standard InChI is InChI=1S/C26H20N2O2S3/c1-17-10-12-18(13-11-17)16-23-25(30)27(26(31)33-23)15-14-24(29)28-19-6-2-4-8-21(19)32-22-9-5-3-7-20(22)28/h2-13,16H,14-15H2,1H3/b23-16+. The van der Waals surface area contributed by atoms with Crippen molar-refractivity contribution >= 4 is 69.3 Å². The van der Waals surface area contributed by atoms with E-state index in [1.54, 1.807) is 16.7 Å². The van der Waals surface area contributed by atoms with Crippen LogP contribution in [0.3, 0.4) is 0 Å². The number of hydrogen-bond acceptors (Lipinski definition) is 5. The van der Waals surface area contributed by atoms with Gasteiger partial charge in [-0.05, 0) is 42.8 Å². The zero-order valence-corrected chi connectivity index (χ0v) is 20.3. The Bertz CT molecular complexity index is 1260. The summed E-state index contributed by atoms with van der Waals surface area (Å²) < 4.78 is 0.487. The van der Waals surface area contributed by atoms with Gasteiger partial charge in [-0.15, -0.1) is 0 Å². The molecular weight excluding hydrogens is 468 g/mol. The highest BCUT2D eigenvalue weighted by Crippen LogP contribution is 2.48. The summed E-state index contributed by atoms with van der Waals surface area (Å²) in [6.07, 6.45) is 2.03. The molecule has 0 radical (unpaired) electrons. The Labute approximate surface area is 206 Å². The second-order valence-corrected chi connectivity index (χ2v) is 10.5. The van der Waals surface area contributed by atoms with Gasteiger partial charge in [0.25, 0.3) is 5.91 Å². The number of carbonyl (C=O) groups is 2. The lowest BCUT2D eigenvalue weighted by molar-refractivity contribution is -0.123. The number of para-hydroxylation sites is 2. The molecule has 1 fully saturated rings. The topological polar surface area (TPSA) is 40.6 Å². The Morgan fingerprint density at radius 1 is 0.909 bits per heavy atom. The van der Waals surface area contributed by atoms with Crippen LogP contribution >= 0.6 is 35.7 Å². The van der Waals surface area contributed by atoms with Crippen LogP contribution in [0.15, 0.2) is 87.5 Å². The molecule has 2 aliphatic heterocycles. The average Bonchev–Trinajstić information content (AvgIpc) is 3.09. The summed E-state index contributed by atoms with van der Waals surface area (Å²) >= 11 is 8.41. The van der Waals surface area contributed by atoms with Crippen LogP contribution in [0.1, 0.15) is 17.5 Å². The highest BCUT2D eigenvalue weighted by atomic mass is 32.2. The molecule has 0 atom stereocenters. The monoisotopic (exact) mass is 488 g/mol. The molecule has 4 nitrogen and oxygen atoms in total. The smallest absolute Gasteiger partial charge is 0.266 e. The second kappa shape index (κ2) is 9.17. The van der Waals surface area contributed by atoms with E-state index in [0.717, 1.165) is 32.3 Å². The van der Waals surface area contributed by atoms with Gasteiger partial charge < -0.3 is 0 Å². The first-order chi connectivity index (χ1) is 16.0. The number of benzene rings is 3. The van der Waals surface area contributed by atoms with E-state index in [1.165, 1.54) is 16.7 Å². The van der Waals surface area contributed by atoms with Gasteiger partial charge in [0.15, 0.2) is 0 Å². The molecule has 0 bridgehead atoms. The number of aryl methyl sites for hydroxylation is 1. The van der Waals surface area contributed by atoms with Crippen molar-refractivity contribution in [3.63, 3.8) is 0 Å². The summed E-state index contributed by atoms with van der Waals surface area (Å²) in [6, 6.07) is 23.8. The van der Waals surface area contributed by atoms with Gasteiger partial charge in [0.05, 0.1) is 16.3 Å². The quantitative estimate of drug-likeness (QED) is 0.313. The summed E-state index contributed by atoms with van der Waals surface area (Å²) in [5.41, 5.74) is 3.86. The SMILES string of the molecule is Cc1ccc(/C=C2/SC(=S)N(CCC(=O)N3c4ccccc4Sc4ccccc43)C2=O)cc1. The van der Waals surface area contributed by atoms with E-state index in [1.807, 2.05) is 85.8 Å². The molecule has 0 spiro atoms. The lowest BCUT2D eigenvalue weighted by Crippen LogP contribution is -2.35. The Morgan fingerprint density at radius 3 is 2.15 bits per heavy atom. The molecule has 7 heteroatoms. The molecule has 5 rings (SSSR count). The fourth-order valence-corrected chi connectivity index (χ4v) is 6.17. The minimum Gasteiger partial charge on any atom is -0.292 e. The van der Waals surface area contributed by atoms with Crippen molar-refractivity contribution in [3.05, 3.63) is 88.8 Å². The van der Waals surface area contributed by atoms with E-state index in [0.29, 0.717) is 9.23 Å². The molecule has 0 saturated carbocycles. The Hall–Kier alpha value is -2.87. The van der Waals surface area contributed by atoms with E-state index < -0.39 is 0 Å². The summed E-state index contributed by atoms with van der Waals surface area (Å²) in [7, 11) is 0. The number of rotatable bonds is 4. The zero-order chi connectivity index (χ0) is 22.9. The second-order valence-electron chi connectivity index (χ2n) is 7.76. The third-order valence-electron chi connectivity index (χ3n) is 5.48. The molecule has 2 heterocycles. The zero-order valence-electron chi connectivity index (χ0n) is 17.9. The van der Waals surface area contributed by atoms with Crippen molar-refractivity contribution in [2.75, 3.05) is 11.4 Å². The summed E-state index contributed by atoms with van der Waals surface area (Å²) in [4.78, 5) is 32.4. The number of fused-ring (bicyclic) bond motifs is 2. The van der Waals surface area contributed by atoms with E-state index in [-0.39, 0.29) is 24.8 Å². The predicted molar refractivity (Wildman–Crippen MR) is 140 cm³/mol. The van der Waals surface area contributed by atoms with Gasteiger partial charge >= 0.3 is 0 Å². The number of nitrogens with zero attached hydrogens (tertiary/aromatic N) is 2. The van der Waals surface area contributed by atoms with E-state index in [9.17, 15) is 9.59 Å². The number of amides is 2. The Kier molecular flexibility index (Phi) is 6.10. The maximum atomic E-state index is 13.4. The normalized spacial score (nSPS) is 16.2. The molecule has 164 valence electrons. The molecule has 33 heavy (non-hydrogen) atoms. The molecule has 1 saturated heterocycles. The maximum Gasteiger partial charge on any atom is 0.266 e. The molecule has 0 N–H and O–H groups in total. The van der Waals surface area contributed by atoms with Gasteiger partial charge in [0.2, 0.25) is 5.91 Å². The summed E-state index contributed by atoms with van der Waals surface area (Å²) in [5, 5.41) is 0. The first-order valence-corrected chi connectivity index (χ1v) is 12.6. The third kappa shape index (κ3) is 4.36. The van der Waals surface area contributed by atoms with Crippen LogP contribution in [-0.4, -0.2) is 27.6 Å². The van der Waals surface area contributed by atoms with Crippen LogP contribution in [0.2, 0.25) is 0 Å². The highest BCUT2D eigenvalue weighted by molar-refractivity contribution is 8.26.